The third-order valence-electron chi connectivity index (χ3n) is 6.22. The normalized spacial score (nSPS) is 21.6. The average molecular weight is 552 g/mol. The molecule has 0 bridgehead atoms. The number of likely N-dealkylation sites (tertiary alicyclic amines) is 2. The molecule has 9 heteroatoms. The van der Waals surface area contributed by atoms with Crippen molar-refractivity contribution in [1.82, 2.24) is 9.80 Å². The van der Waals surface area contributed by atoms with E-state index in [-0.39, 0.29) is 65.1 Å². The van der Waals surface area contributed by atoms with Gasteiger partial charge in [0.05, 0.1) is 38.1 Å². The van der Waals surface area contributed by atoms with Gasteiger partial charge in [-0.25, -0.2) is 0 Å². The van der Waals surface area contributed by atoms with Crippen molar-refractivity contribution >= 4 is 14.2 Å². The number of hydrogen-bond donors (Lipinski definition) is 2. The number of aliphatic hydroxyl groups excluding tert-OH is 2. The minimum Gasteiger partial charge on any atom is -1.00 e. The number of rotatable bonds is 6. The molecule has 2 aliphatic rings. The van der Waals surface area contributed by atoms with Crippen LogP contribution in [-0.2, 0) is 27.5 Å². The fourth-order valence-corrected chi connectivity index (χ4v) is 4.40. The zero-order valence-electron chi connectivity index (χ0n) is 24.7. The van der Waals surface area contributed by atoms with E-state index in [2.05, 4.69) is 29.2 Å². The molecular formula is C30H49BN2NaO5. The molecular weight excluding hydrogens is 502 g/mol. The van der Waals surface area contributed by atoms with Crippen molar-refractivity contribution in [2.24, 2.45) is 0 Å². The second-order valence-electron chi connectivity index (χ2n) is 9.56. The molecule has 7 nitrogen and oxygen atoms in total. The first-order chi connectivity index (χ1) is 17.5. The van der Waals surface area contributed by atoms with Gasteiger partial charge < -0.3 is 26.0 Å². The van der Waals surface area contributed by atoms with E-state index in [0.717, 1.165) is 46.0 Å². The Morgan fingerprint density at radius 2 is 1.26 bits per heavy atom. The zero-order valence-corrected chi connectivity index (χ0v) is 25.7. The minimum atomic E-state index is -0.203. The van der Waals surface area contributed by atoms with Crippen LogP contribution in [0, 0.1) is 0 Å². The van der Waals surface area contributed by atoms with Gasteiger partial charge in [-0.2, -0.15) is 0 Å². The fourth-order valence-electron chi connectivity index (χ4n) is 4.40. The molecule has 2 aliphatic heterocycles. The molecule has 3 radical (unpaired) electrons. The quantitative estimate of drug-likeness (QED) is 0.507. The maximum absolute atomic E-state index is 11.4. The second-order valence-corrected chi connectivity index (χ2v) is 9.56. The van der Waals surface area contributed by atoms with E-state index >= 15 is 0 Å². The van der Waals surface area contributed by atoms with E-state index < -0.39 is 0 Å². The number of β-amino-alcohol motifs (C(OH)–C–C–N with tert-alkyl or cyclic N) is 1. The number of carbonyl (C=O) groups is 1. The zero-order chi connectivity index (χ0) is 26.2. The van der Waals surface area contributed by atoms with Crippen molar-refractivity contribution in [2.45, 2.75) is 64.6 Å². The molecule has 39 heavy (non-hydrogen) atoms. The van der Waals surface area contributed by atoms with E-state index in [1.807, 2.05) is 55.4 Å². The van der Waals surface area contributed by atoms with Crippen LogP contribution in [-0.4, -0.2) is 99.9 Å². The van der Waals surface area contributed by atoms with Crippen molar-refractivity contribution in [1.29, 1.82) is 0 Å². The van der Waals surface area contributed by atoms with Crippen molar-refractivity contribution < 1.29 is 55.5 Å². The van der Waals surface area contributed by atoms with E-state index in [1.165, 1.54) is 11.1 Å². The first-order valence-corrected chi connectivity index (χ1v) is 12.8. The molecule has 2 heterocycles. The first kappa shape index (κ1) is 40.1. The fraction of sp³-hybridized carbons (Fsp3) is 0.567. The Labute approximate surface area is 262 Å². The van der Waals surface area contributed by atoms with Crippen molar-refractivity contribution in [3.63, 3.8) is 0 Å². The van der Waals surface area contributed by atoms with Gasteiger partial charge >= 0.3 is 29.6 Å². The molecule has 2 N–H and O–H groups in total. The van der Waals surface area contributed by atoms with Crippen LogP contribution in [0.25, 0.3) is 0 Å². The van der Waals surface area contributed by atoms with Crippen molar-refractivity contribution in [2.75, 3.05) is 47.4 Å². The molecule has 3 unspecified atom stereocenters. The summed E-state index contributed by atoms with van der Waals surface area (Å²) < 4.78 is 11.8. The number of hydrogen-bond acceptors (Lipinski definition) is 7. The van der Waals surface area contributed by atoms with Gasteiger partial charge in [0, 0.05) is 41.6 Å². The van der Waals surface area contributed by atoms with Crippen molar-refractivity contribution in [3.05, 3.63) is 71.8 Å². The third kappa shape index (κ3) is 17.4. The van der Waals surface area contributed by atoms with Gasteiger partial charge in [-0.05, 0) is 44.5 Å². The molecule has 2 saturated heterocycles. The number of benzene rings is 2. The molecule has 2 aromatic rings. The number of likely N-dealkylation sites (N-methyl/N-ethyl adjacent to an activating group) is 2. The van der Waals surface area contributed by atoms with Gasteiger partial charge in [0.2, 0.25) is 0 Å². The van der Waals surface area contributed by atoms with E-state index in [1.54, 1.807) is 0 Å². The van der Waals surface area contributed by atoms with Crippen LogP contribution in [0.4, 0.5) is 0 Å². The summed E-state index contributed by atoms with van der Waals surface area (Å²) in [6, 6.07) is 20.4. The number of aliphatic hydroxyl groups is 2. The molecule has 213 valence electrons. The first-order valence-electron chi connectivity index (χ1n) is 12.8. The number of Topliss-reactive ketones (excluding diaryl/α,β-unsaturated/α-hetero) is 1. The molecule has 4 rings (SSSR count). The van der Waals surface area contributed by atoms with Crippen LogP contribution in [0.5, 0.6) is 0 Å². The number of carbonyl (C=O) groups excluding carboxylic acids is 1. The summed E-state index contributed by atoms with van der Waals surface area (Å²) in [6.45, 7) is 4.36. The Kier molecular flexibility index (Phi) is 24.3. The summed E-state index contributed by atoms with van der Waals surface area (Å²) in [7, 11) is 5.01. The number of ether oxygens (including phenoxy) is 2. The summed E-state index contributed by atoms with van der Waals surface area (Å²) >= 11 is 0. The van der Waals surface area contributed by atoms with Gasteiger partial charge in [-0.3, -0.25) is 9.69 Å². The number of nitrogens with zero attached hydrogens (tertiary/aromatic N) is 2. The van der Waals surface area contributed by atoms with Crippen molar-refractivity contribution in [3.8, 4) is 0 Å². The molecule has 0 spiro atoms. The maximum atomic E-state index is 11.4. The summed E-state index contributed by atoms with van der Waals surface area (Å²) in [5.74, 6) is 0.318. The summed E-state index contributed by atoms with van der Waals surface area (Å²) in [6.07, 6.45) is 3.47. The molecule has 0 amide bonds. The van der Waals surface area contributed by atoms with Gasteiger partial charge in [-0.1, -0.05) is 68.1 Å². The molecule has 0 aliphatic carbocycles. The van der Waals surface area contributed by atoms with Gasteiger partial charge in [-0.15, -0.1) is 0 Å². The van der Waals surface area contributed by atoms with Crippen LogP contribution in [0.3, 0.4) is 0 Å². The van der Waals surface area contributed by atoms with Crippen LogP contribution in [0.2, 0.25) is 0 Å². The smallest absolute Gasteiger partial charge is 1.00 e. The van der Waals surface area contributed by atoms with Gasteiger partial charge in [0.25, 0.3) is 0 Å². The van der Waals surface area contributed by atoms with Gasteiger partial charge in [0.15, 0.2) is 0 Å². The van der Waals surface area contributed by atoms with E-state index in [0.29, 0.717) is 32.0 Å². The molecule has 0 saturated carbocycles. The Hall–Kier alpha value is -1.07. The third-order valence-corrected chi connectivity index (χ3v) is 6.22. The molecule has 2 aromatic carbocycles. The molecule has 0 aromatic heterocycles. The summed E-state index contributed by atoms with van der Waals surface area (Å²) in [5.41, 5.74) is 2.39. The van der Waals surface area contributed by atoms with Crippen LogP contribution in [0.1, 0.15) is 45.7 Å². The minimum absolute atomic E-state index is 0. The molecule has 2 fully saturated rings. The number of ketones is 1. The topological polar surface area (TPSA) is 82.5 Å². The maximum Gasteiger partial charge on any atom is 1.00 e. The standard InChI is InChI=1S/C14H21NO2.C14H19NO2.CH4O.CH4.B.Na.H/c2*1-15-9-13(16)7-8-14(10-15)17-11-12-5-3-2-4-6-12;1-2;;;;/h2-6,13-14,16H,7-11H2,1H3;2-6,14H,7-11H2,1H3;2H,1H3;1H4;;;/q;;;;;+1;-1. The Morgan fingerprint density at radius 1 is 0.795 bits per heavy atom. The predicted molar refractivity (Wildman–Crippen MR) is 156 cm³/mol. The summed E-state index contributed by atoms with van der Waals surface area (Å²) in [4.78, 5) is 15.6. The Bertz CT molecular complexity index is 857. The SMILES string of the molecule is C.CN1CC(=O)CCC(OCc2ccccc2)C1.CN1CC(O)CCC(OCc2ccccc2)C1.CO.[B].[H-].[Na+]. The van der Waals surface area contributed by atoms with Crippen LogP contribution >= 0.6 is 0 Å². The summed E-state index contributed by atoms with van der Waals surface area (Å²) in [5, 5.41) is 16.7. The Morgan fingerprint density at radius 3 is 1.77 bits per heavy atom. The van der Waals surface area contributed by atoms with Gasteiger partial charge in [0.1, 0.15) is 5.78 Å². The van der Waals surface area contributed by atoms with E-state index in [4.69, 9.17) is 14.6 Å². The average Bonchev–Trinajstić information content (AvgIpc) is 3.17. The monoisotopic (exact) mass is 551 g/mol. The molecule has 3 atom stereocenters. The van der Waals surface area contributed by atoms with E-state index in [9.17, 15) is 9.90 Å². The van der Waals surface area contributed by atoms with Crippen LogP contribution < -0.4 is 29.6 Å². The largest absolute Gasteiger partial charge is 1.00 e. The second kappa shape index (κ2) is 23.6. The predicted octanol–water partition coefficient (Wildman–Crippen LogP) is 0.505. The Balaban J connectivity index is -0.000000589. The van der Waals surface area contributed by atoms with Crippen LogP contribution in [0.15, 0.2) is 60.7 Å².